The first kappa shape index (κ1) is 16.8. The Morgan fingerprint density at radius 3 is 2.83 bits per heavy atom. The molecule has 1 aromatic carbocycles. The van der Waals surface area contributed by atoms with Crippen molar-refractivity contribution in [1.29, 1.82) is 0 Å². The summed E-state index contributed by atoms with van der Waals surface area (Å²) in [4.78, 5) is 29.2. The first-order valence-corrected chi connectivity index (χ1v) is 8.84. The second-order valence-corrected chi connectivity index (χ2v) is 6.93. The number of rotatable bonds is 4. The normalized spacial score (nSPS) is 23.8. The van der Waals surface area contributed by atoms with E-state index in [0.717, 1.165) is 32.2 Å². The van der Waals surface area contributed by atoms with Crippen molar-refractivity contribution in [2.24, 2.45) is 5.41 Å². The number of hydrogen-bond donors (Lipinski definition) is 0. The summed E-state index contributed by atoms with van der Waals surface area (Å²) in [5.74, 6) is 0.802. The Kier molecular flexibility index (Phi) is 4.78. The van der Waals surface area contributed by atoms with Crippen molar-refractivity contribution in [2.75, 3.05) is 33.3 Å². The first-order chi connectivity index (χ1) is 11.6. The van der Waals surface area contributed by atoms with Crippen LogP contribution in [0.2, 0.25) is 0 Å². The number of para-hydroxylation sites is 1. The van der Waals surface area contributed by atoms with Gasteiger partial charge in [-0.1, -0.05) is 19.1 Å². The number of ether oxygens (including phenoxy) is 1. The molecule has 2 saturated heterocycles. The van der Waals surface area contributed by atoms with Crippen LogP contribution in [-0.2, 0) is 4.79 Å². The van der Waals surface area contributed by atoms with Gasteiger partial charge in [-0.2, -0.15) is 0 Å². The molecule has 0 N–H and O–H groups in total. The van der Waals surface area contributed by atoms with E-state index in [9.17, 15) is 9.59 Å². The number of hydrogen-bond acceptors (Lipinski definition) is 3. The molecule has 0 aromatic heterocycles. The molecule has 2 amide bonds. The van der Waals surface area contributed by atoms with Gasteiger partial charge in [0.2, 0.25) is 5.91 Å². The molecule has 0 aliphatic carbocycles. The van der Waals surface area contributed by atoms with Gasteiger partial charge in [0.1, 0.15) is 5.75 Å². The predicted octanol–water partition coefficient (Wildman–Crippen LogP) is 2.56. The second kappa shape index (κ2) is 6.83. The van der Waals surface area contributed by atoms with Crippen LogP contribution in [0.15, 0.2) is 24.3 Å². The monoisotopic (exact) mass is 330 g/mol. The van der Waals surface area contributed by atoms with Crippen LogP contribution in [0.25, 0.3) is 0 Å². The highest BCUT2D eigenvalue weighted by Gasteiger charge is 2.48. The van der Waals surface area contributed by atoms with Crippen LogP contribution in [0, 0.1) is 5.41 Å². The van der Waals surface area contributed by atoms with Gasteiger partial charge < -0.3 is 14.5 Å². The molecule has 1 aromatic rings. The Labute approximate surface area is 143 Å². The minimum Gasteiger partial charge on any atom is -0.493 e. The van der Waals surface area contributed by atoms with E-state index in [4.69, 9.17) is 4.74 Å². The summed E-state index contributed by atoms with van der Waals surface area (Å²) in [6.07, 6.45) is 3.56. The fourth-order valence-corrected chi connectivity index (χ4v) is 3.84. The van der Waals surface area contributed by atoms with E-state index in [2.05, 4.69) is 0 Å². The molecule has 2 aliphatic rings. The molecule has 2 aliphatic heterocycles. The van der Waals surface area contributed by atoms with E-state index in [1.165, 1.54) is 0 Å². The second-order valence-electron chi connectivity index (χ2n) is 6.93. The van der Waals surface area contributed by atoms with Crippen molar-refractivity contribution >= 4 is 11.8 Å². The summed E-state index contributed by atoms with van der Waals surface area (Å²) >= 11 is 0. The van der Waals surface area contributed by atoms with Gasteiger partial charge in [0.25, 0.3) is 5.91 Å². The molecule has 0 saturated carbocycles. The van der Waals surface area contributed by atoms with E-state index in [1.807, 2.05) is 48.0 Å². The highest BCUT2D eigenvalue weighted by atomic mass is 16.5. The molecule has 0 radical (unpaired) electrons. The quantitative estimate of drug-likeness (QED) is 0.852. The van der Waals surface area contributed by atoms with Gasteiger partial charge in [-0.25, -0.2) is 0 Å². The maximum absolute atomic E-state index is 13.0. The molecule has 130 valence electrons. The van der Waals surface area contributed by atoms with Crippen LogP contribution in [0.3, 0.4) is 0 Å². The van der Waals surface area contributed by atoms with Gasteiger partial charge >= 0.3 is 0 Å². The average Bonchev–Trinajstić information content (AvgIpc) is 3.02. The SMILES string of the molecule is CCCOc1ccccc1C(=O)N1CC[C@@]2(CCCN(C)C2=O)C1. The van der Waals surface area contributed by atoms with Crippen molar-refractivity contribution in [3.8, 4) is 5.75 Å². The van der Waals surface area contributed by atoms with Gasteiger partial charge in [-0.3, -0.25) is 9.59 Å². The lowest BCUT2D eigenvalue weighted by Crippen LogP contribution is -2.48. The topological polar surface area (TPSA) is 49.9 Å². The average molecular weight is 330 g/mol. The van der Waals surface area contributed by atoms with Gasteiger partial charge in [0, 0.05) is 26.7 Å². The van der Waals surface area contributed by atoms with Crippen molar-refractivity contribution in [3.05, 3.63) is 29.8 Å². The van der Waals surface area contributed by atoms with Crippen LogP contribution in [0.5, 0.6) is 5.75 Å². The summed E-state index contributed by atoms with van der Waals surface area (Å²) in [7, 11) is 1.86. The summed E-state index contributed by atoms with van der Waals surface area (Å²) in [5, 5.41) is 0. The third kappa shape index (κ3) is 2.99. The maximum atomic E-state index is 13.0. The van der Waals surface area contributed by atoms with Gasteiger partial charge in [0.05, 0.1) is 17.6 Å². The fourth-order valence-electron chi connectivity index (χ4n) is 3.84. The standard InChI is InChI=1S/C19H26N2O3/c1-3-13-24-16-8-5-4-7-15(16)17(22)21-12-10-19(14-21)9-6-11-20(2)18(19)23/h4-5,7-8H,3,6,9-14H2,1-2H3/t19-/m0/s1. The minimum absolute atomic E-state index is 0.0281. The molecular weight excluding hydrogens is 304 g/mol. The number of piperidine rings is 1. The van der Waals surface area contributed by atoms with Gasteiger partial charge in [-0.15, -0.1) is 0 Å². The van der Waals surface area contributed by atoms with E-state index in [-0.39, 0.29) is 17.2 Å². The largest absolute Gasteiger partial charge is 0.493 e. The van der Waals surface area contributed by atoms with E-state index in [0.29, 0.717) is 31.0 Å². The maximum Gasteiger partial charge on any atom is 0.257 e. The van der Waals surface area contributed by atoms with Crippen molar-refractivity contribution in [1.82, 2.24) is 9.80 Å². The molecule has 1 spiro atoms. The molecule has 5 heteroatoms. The zero-order chi connectivity index (χ0) is 17.2. The zero-order valence-electron chi connectivity index (χ0n) is 14.6. The first-order valence-electron chi connectivity index (χ1n) is 8.84. The number of benzene rings is 1. The number of carbonyl (C=O) groups is 2. The Morgan fingerprint density at radius 1 is 1.25 bits per heavy atom. The number of likely N-dealkylation sites (tertiary alicyclic amines) is 2. The van der Waals surface area contributed by atoms with Gasteiger partial charge in [0.15, 0.2) is 0 Å². The molecule has 2 fully saturated rings. The summed E-state index contributed by atoms with van der Waals surface area (Å²) in [6.45, 7) is 4.62. The van der Waals surface area contributed by atoms with Crippen LogP contribution >= 0.6 is 0 Å². The van der Waals surface area contributed by atoms with E-state index in [1.54, 1.807) is 0 Å². The molecule has 3 rings (SSSR count). The van der Waals surface area contributed by atoms with Gasteiger partial charge in [-0.05, 0) is 37.8 Å². The Morgan fingerprint density at radius 2 is 2.04 bits per heavy atom. The van der Waals surface area contributed by atoms with E-state index < -0.39 is 0 Å². The molecule has 2 heterocycles. The third-order valence-corrected chi connectivity index (χ3v) is 5.17. The molecule has 0 unspecified atom stereocenters. The van der Waals surface area contributed by atoms with Crippen LogP contribution in [0.1, 0.15) is 43.0 Å². The van der Waals surface area contributed by atoms with Crippen LogP contribution in [-0.4, -0.2) is 54.9 Å². The van der Waals surface area contributed by atoms with Crippen molar-refractivity contribution in [2.45, 2.75) is 32.6 Å². The van der Waals surface area contributed by atoms with Crippen LogP contribution in [0.4, 0.5) is 0 Å². The Bertz CT molecular complexity index is 631. The molecule has 24 heavy (non-hydrogen) atoms. The highest BCUT2D eigenvalue weighted by Crippen LogP contribution is 2.40. The number of amides is 2. The Hall–Kier alpha value is -2.04. The Balaban J connectivity index is 1.77. The summed E-state index contributed by atoms with van der Waals surface area (Å²) in [5.41, 5.74) is 0.224. The highest BCUT2D eigenvalue weighted by molar-refractivity contribution is 5.98. The minimum atomic E-state index is -0.373. The molecule has 5 nitrogen and oxygen atoms in total. The summed E-state index contributed by atoms with van der Waals surface area (Å²) in [6, 6.07) is 7.39. The molecular formula is C19H26N2O3. The lowest BCUT2D eigenvalue weighted by Gasteiger charge is -2.37. The number of nitrogens with zero attached hydrogens (tertiary/aromatic N) is 2. The predicted molar refractivity (Wildman–Crippen MR) is 92.1 cm³/mol. The van der Waals surface area contributed by atoms with E-state index >= 15 is 0 Å². The lowest BCUT2D eigenvalue weighted by molar-refractivity contribution is -0.143. The van der Waals surface area contributed by atoms with Crippen LogP contribution < -0.4 is 4.74 Å². The molecule has 1 atom stereocenters. The zero-order valence-corrected chi connectivity index (χ0v) is 14.6. The fraction of sp³-hybridized carbons (Fsp3) is 0.579. The van der Waals surface area contributed by atoms with Crippen molar-refractivity contribution < 1.29 is 14.3 Å². The summed E-state index contributed by atoms with van der Waals surface area (Å²) < 4.78 is 5.72. The smallest absolute Gasteiger partial charge is 0.257 e. The molecule has 0 bridgehead atoms. The third-order valence-electron chi connectivity index (χ3n) is 5.17. The van der Waals surface area contributed by atoms with Crippen molar-refractivity contribution in [3.63, 3.8) is 0 Å². The number of carbonyl (C=O) groups excluding carboxylic acids is 2. The lowest BCUT2D eigenvalue weighted by atomic mass is 9.78.